The molecule has 0 aliphatic heterocycles. The Bertz CT molecular complexity index is 1020. The van der Waals surface area contributed by atoms with Crippen molar-refractivity contribution in [1.82, 2.24) is 4.98 Å². The maximum Gasteiger partial charge on any atom is 0.231 e. The fraction of sp³-hybridized carbons (Fsp3) is 0.500. The van der Waals surface area contributed by atoms with Crippen LogP contribution in [-0.2, 0) is 12.1 Å². The van der Waals surface area contributed by atoms with Gasteiger partial charge in [-0.05, 0) is 30.5 Å². The van der Waals surface area contributed by atoms with Crippen LogP contribution in [0, 0.1) is 5.92 Å². The molecule has 1 atom stereocenters. The third-order valence-electron chi connectivity index (χ3n) is 7.29. The lowest BCUT2D eigenvalue weighted by molar-refractivity contribution is -0.904. The molecule has 196 valence electrons. The van der Waals surface area contributed by atoms with E-state index in [1.165, 1.54) is 19.3 Å². The SMILES string of the molecule is C[N+](C)(CCCOc1ccccc1)Cc1cnc(C(O)(c2ccccc2)C2CCCCCCC2)o1.[Cl-]. The Morgan fingerprint density at radius 1 is 0.944 bits per heavy atom. The van der Waals surface area contributed by atoms with Gasteiger partial charge in [-0.2, -0.15) is 0 Å². The summed E-state index contributed by atoms with van der Waals surface area (Å²) >= 11 is 0. The summed E-state index contributed by atoms with van der Waals surface area (Å²) in [4.78, 5) is 4.66. The molecule has 0 radical (unpaired) electrons. The molecule has 3 aromatic rings. The maximum absolute atomic E-state index is 12.2. The normalized spacial score (nSPS) is 16.9. The molecule has 1 fully saturated rings. The average molecular weight is 513 g/mol. The molecule has 0 amide bonds. The van der Waals surface area contributed by atoms with E-state index in [2.05, 4.69) is 19.1 Å². The highest BCUT2D eigenvalue weighted by Gasteiger charge is 2.44. The number of ether oxygens (including phenoxy) is 1. The number of rotatable bonds is 10. The zero-order valence-corrected chi connectivity index (χ0v) is 22.5. The quantitative estimate of drug-likeness (QED) is 0.334. The molecule has 0 saturated heterocycles. The van der Waals surface area contributed by atoms with E-state index >= 15 is 0 Å². The lowest BCUT2D eigenvalue weighted by Crippen LogP contribution is -3.00. The lowest BCUT2D eigenvalue weighted by Gasteiger charge is -2.35. The molecule has 5 nitrogen and oxygen atoms in total. The van der Waals surface area contributed by atoms with Crippen LogP contribution in [0.2, 0.25) is 0 Å². The fourth-order valence-electron chi connectivity index (χ4n) is 5.36. The lowest BCUT2D eigenvalue weighted by atomic mass is 9.74. The summed E-state index contributed by atoms with van der Waals surface area (Å²) in [6, 6.07) is 19.9. The Balaban J connectivity index is 0.00000361. The van der Waals surface area contributed by atoms with Crippen molar-refractivity contribution >= 4 is 0 Å². The zero-order chi connectivity index (χ0) is 24.6. The van der Waals surface area contributed by atoms with Gasteiger partial charge in [-0.1, -0.05) is 80.6 Å². The van der Waals surface area contributed by atoms with E-state index in [9.17, 15) is 5.11 Å². The van der Waals surface area contributed by atoms with E-state index in [0.29, 0.717) is 19.0 Å². The van der Waals surface area contributed by atoms with E-state index < -0.39 is 5.60 Å². The second-order valence-corrected chi connectivity index (χ2v) is 10.6. The third-order valence-corrected chi connectivity index (χ3v) is 7.29. The van der Waals surface area contributed by atoms with Crippen LogP contribution in [0.4, 0.5) is 0 Å². The number of oxazole rings is 1. The Labute approximate surface area is 222 Å². The summed E-state index contributed by atoms with van der Waals surface area (Å²) in [6.45, 7) is 2.35. The van der Waals surface area contributed by atoms with E-state index in [1.807, 2.05) is 66.9 Å². The first-order valence-electron chi connectivity index (χ1n) is 13.2. The minimum absolute atomic E-state index is 0. The first kappa shape index (κ1) is 28.2. The van der Waals surface area contributed by atoms with Gasteiger partial charge in [-0.25, -0.2) is 4.98 Å². The van der Waals surface area contributed by atoms with Crippen LogP contribution < -0.4 is 17.1 Å². The van der Waals surface area contributed by atoms with E-state index in [0.717, 1.165) is 60.2 Å². The van der Waals surface area contributed by atoms with Gasteiger partial charge < -0.3 is 31.2 Å². The third kappa shape index (κ3) is 7.34. The monoisotopic (exact) mass is 512 g/mol. The van der Waals surface area contributed by atoms with Crippen molar-refractivity contribution in [2.75, 3.05) is 27.2 Å². The maximum atomic E-state index is 12.2. The largest absolute Gasteiger partial charge is 1.00 e. The van der Waals surface area contributed by atoms with E-state index in [-0.39, 0.29) is 18.3 Å². The van der Waals surface area contributed by atoms with Crippen molar-refractivity contribution < 1.29 is 31.2 Å². The van der Waals surface area contributed by atoms with Crippen LogP contribution in [0.1, 0.15) is 68.6 Å². The van der Waals surface area contributed by atoms with Gasteiger partial charge in [0.2, 0.25) is 5.89 Å². The van der Waals surface area contributed by atoms with E-state index in [1.54, 1.807) is 0 Å². The van der Waals surface area contributed by atoms with Crippen molar-refractivity contribution in [2.45, 2.75) is 63.5 Å². The second-order valence-electron chi connectivity index (χ2n) is 10.6. The zero-order valence-electron chi connectivity index (χ0n) is 21.7. The molecule has 1 aliphatic carbocycles. The van der Waals surface area contributed by atoms with Crippen LogP contribution in [0.25, 0.3) is 0 Å². The molecule has 4 rings (SSSR count). The molecule has 1 saturated carbocycles. The fourth-order valence-corrected chi connectivity index (χ4v) is 5.36. The Hall–Kier alpha value is -2.34. The first-order valence-corrected chi connectivity index (χ1v) is 13.2. The molecule has 1 aliphatic rings. The Morgan fingerprint density at radius 3 is 2.22 bits per heavy atom. The van der Waals surface area contributed by atoms with Crippen LogP contribution in [0.5, 0.6) is 5.75 Å². The molecule has 1 aromatic heterocycles. The number of hydrogen-bond donors (Lipinski definition) is 1. The molecule has 0 bridgehead atoms. The molecule has 0 spiro atoms. The molecule has 6 heteroatoms. The highest BCUT2D eigenvalue weighted by molar-refractivity contribution is 5.30. The molecule has 1 unspecified atom stereocenters. The van der Waals surface area contributed by atoms with Gasteiger partial charge in [0.25, 0.3) is 0 Å². The average Bonchev–Trinajstić information content (AvgIpc) is 3.31. The topological polar surface area (TPSA) is 55.5 Å². The minimum Gasteiger partial charge on any atom is -1.00 e. The van der Waals surface area contributed by atoms with Crippen molar-refractivity contribution in [3.63, 3.8) is 0 Å². The Kier molecular flexibility index (Phi) is 10.4. The molecule has 1 heterocycles. The van der Waals surface area contributed by atoms with Gasteiger partial charge in [-0.3, -0.25) is 0 Å². The Morgan fingerprint density at radius 2 is 1.56 bits per heavy atom. The molecular formula is C30H41ClN2O3. The van der Waals surface area contributed by atoms with Gasteiger partial charge in [0.1, 0.15) is 12.3 Å². The smallest absolute Gasteiger partial charge is 0.231 e. The number of para-hydroxylation sites is 1. The number of nitrogens with zero attached hydrogens (tertiary/aromatic N) is 2. The van der Waals surface area contributed by atoms with Gasteiger partial charge in [0.15, 0.2) is 11.4 Å². The molecular weight excluding hydrogens is 472 g/mol. The summed E-state index contributed by atoms with van der Waals surface area (Å²) in [7, 11) is 4.39. The molecule has 36 heavy (non-hydrogen) atoms. The van der Waals surface area contributed by atoms with Crippen LogP contribution >= 0.6 is 0 Å². The predicted molar refractivity (Wildman–Crippen MR) is 139 cm³/mol. The molecule has 1 N–H and O–H groups in total. The first-order chi connectivity index (χ1) is 17.0. The highest BCUT2D eigenvalue weighted by Crippen LogP contribution is 2.42. The van der Waals surface area contributed by atoms with Crippen LogP contribution in [0.15, 0.2) is 71.3 Å². The number of hydrogen-bond acceptors (Lipinski definition) is 4. The number of halogens is 1. The number of aromatic nitrogens is 1. The van der Waals surface area contributed by atoms with Crippen LogP contribution in [-0.4, -0.2) is 41.8 Å². The molecule has 2 aromatic carbocycles. The van der Waals surface area contributed by atoms with Crippen molar-refractivity contribution in [3.8, 4) is 5.75 Å². The summed E-state index contributed by atoms with van der Waals surface area (Å²) < 4.78 is 13.0. The summed E-state index contributed by atoms with van der Waals surface area (Å²) in [6.07, 6.45) is 10.8. The predicted octanol–water partition coefficient (Wildman–Crippen LogP) is 3.32. The highest BCUT2D eigenvalue weighted by atomic mass is 35.5. The van der Waals surface area contributed by atoms with Crippen molar-refractivity contribution in [2.24, 2.45) is 5.92 Å². The van der Waals surface area contributed by atoms with Crippen molar-refractivity contribution in [1.29, 1.82) is 0 Å². The number of quaternary nitrogens is 1. The van der Waals surface area contributed by atoms with Gasteiger partial charge in [-0.15, -0.1) is 0 Å². The van der Waals surface area contributed by atoms with Gasteiger partial charge in [0.05, 0.1) is 33.4 Å². The number of aliphatic hydroxyl groups is 1. The summed E-state index contributed by atoms with van der Waals surface area (Å²) in [5.41, 5.74) is -0.317. The van der Waals surface area contributed by atoms with E-state index in [4.69, 9.17) is 9.15 Å². The summed E-state index contributed by atoms with van der Waals surface area (Å²) in [5.74, 6) is 2.27. The minimum atomic E-state index is -1.20. The van der Waals surface area contributed by atoms with Gasteiger partial charge >= 0.3 is 0 Å². The second kappa shape index (κ2) is 13.3. The summed E-state index contributed by atoms with van der Waals surface area (Å²) in [5, 5.41) is 12.2. The van der Waals surface area contributed by atoms with Crippen LogP contribution in [0.3, 0.4) is 0 Å². The van der Waals surface area contributed by atoms with Gasteiger partial charge in [0, 0.05) is 12.3 Å². The van der Waals surface area contributed by atoms with Crippen molar-refractivity contribution in [3.05, 3.63) is 84.1 Å². The standard InChI is InChI=1S/C30H41N2O3.ClH/c1-32(2,21-14-22-34-27-19-12-7-13-20-27)24-28-23-31-29(35-28)30(33,26-17-10-6-11-18-26)25-15-8-4-3-5-9-16-25;/h6-7,10-13,17-20,23,25,33H,3-5,8-9,14-16,21-22,24H2,1-2H3;1H/q+1;/p-1. The number of benzene rings is 2.